The van der Waals surface area contributed by atoms with Gasteiger partial charge in [0.2, 0.25) is 5.16 Å². The van der Waals surface area contributed by atoms with Crippen molar-refractivity contribution in [1.82, 2.24) is 15.2 Å². The topological polar surface area (TPSA) is 71.8 Å². The summed E-state index contributed by atoms with van der Waals surface area (Å²) in [6.45, 7) is 0. The summed E-state index contributed by atoms with van der Waals surface area (Å²) in [7, 11) is 0. The minimum Gasteiger partial charge on any atom is -0.423 e. The number of benzene rings is 2. The molecule has 30 heavy (non-hydrogen) atoms. The minimum absolute atomic E-state index is 0.266. The second kappa shape index (κ2) is 7.91. The maximum atomic E-state index is 13.0. The third-order valence-electron chi connectivity index (χ3n) is 5.19. The first-order chi connectivity index (χ1) is 14.6. The number of halogens is 1. The van der Waals surface area contributed by atoms with Gasteiger partial charge in [0.05, 0.1) is 0 Å². The highest BCUT2D eigenvalue weighted by Crippen LogP contribution is 2.30. The summed E-state index contributed by atoms with van der Waals surface area (Å²) in [5.41, 5.74) is 4.73. The van der Waals surface area contributed by atoms with Crippen molar-refractivity contribution >= 4 is 34.9 Å². The summed E-state index contributed by atoms with van der Waals surface area (Å²) >= 11 is 1.46. The summed E-state index contributed by atoms with van der Waals surface area (Å²) < 4.78 is 18.4. The summed E-state index contributed by atoms with van der Waals surface area (Å²) in [4.78, 5) is 16.5. The molecule has 1 N–H and O–H groups in total. The Morgan fingerprint density at radius 1 is 1.10 bits per heavy atom. The Balaban J connectivity index is 1.34. The van der Waals surface area contributed by atoms with Gasteiger partial charge < -0.3 is 4.42 Å². The van der Waals surface area contributed by atoms with E-state index in [9.17, 15) is 9.18 Å². The van der Waals surface area contributed by atoms with Crippen molar-refractivity contribution in [3.05, 3.63) is 86.8 Å². The predicted octanol–water partition coefficient (Wildman–Crippen LogP) is 5.00. The van der Waals surface area contributed by atoms with E-state index in [0.29, 0.717) is 22.3 Å². The van der Waals surface area contributed by atoms with Crippen molar-refractivity contribution < 1.29 is 8.81 Å². The number of nitrogens with one attached hydrogen (secondary N) is 1. The van der Waals surface area contributed by atoms with E-state index in [4.69, 9.17) is 4.42 Å². The first-order valence-corrected chi connectivity index (χ1v) is 10.7. The number of fused-ring (bicyclic) bond motifs is 2. The zero-order valence-electron chi connectivity index (χ0n) is 16.0. The fraction of sp³-hybridized carbons (Fsp3) is 0.174. The highest BCUT2D eigenvalue weighted by Gasteiger charge is 2.15. The summed E-state index contributed by atoms with van der Waals surface area (Å²) in [6.07, 6.45) is 6.89. The second-order valence-electron chi connectivity index (χ2n) is 7.24. The van der Waals surface area contributed by atoms with Gasteiger partial charge in [-0.2, -0.15) is 0 Å². The lowest BCUT2D eigenvalue weighted by molar-refractivity contribution is 0.559. The van der Waals surface area contributed by atoms with Crippen LogP contribution in [0.15, 0.2) is 56.8 Å². The van der Waals surface area contributed by atoms with Crippen molar-refractivity contribution in [3.63, 3.8) is 0 Å². The molecule has 7 heteroatoms. The van der Waals surface area contributed by atoms with Crippen LogP contribution in [0.1, 0.15) is 34.5 Å². The average Bonchev–Trinajstić information content (AvgIpc) is 3.39. The molecule has 1 aliphatic rings. The Morgan fingerprint density at radius 2 is 1.90 bits per heavy atom. The van der Waals surface area contributed by atoms with Gasteiger partial charge in [-0.3, -0.25) is 5.10 Å². The third-order valence-corrected chi connectivity index (χ3v) is 6.08. The molecule has 2 aromatic carbocycles. The van der Waals surface area contributed by atoms with Gasteiger partial charge in [0.25, 0.3) is 0 Å². The first-order valence-electron chi connectivity index (χ1n) is 9.71. The Hall–Kier alpha value is -3.19. The zero-order chi connectivity index (χ0) is 20.5. The van der Waals surface area contributed by atoms with Crippen LogP contribution < -0.4 is 5.63 Å². The molecule has 0 atom stereocenters. The first kappa shape index (κ1) is 18.8. The quantitative estimate of drug-likeness (QED) is 0.364. The maximum Gasteiger partial charge on any atom is 0.336 e. The molecule has 150 valence electrons. The predicted molar refractivity (Wildman–Crippen MR) is 116 cm³/mol. The molecule has 0 spiro atoms. The number of thioether (sulfide) groups is 1. The standard InChI is InChI=1S/C23H18FN3O2S/c24-18-7-4-14(5-8-18)6-9-21-25-23(27-26-21)30-13-17-12-22(28)29-20-11-16-3-1-2-15(16)10-19(17)20/h4-12H,1-3,13H2,(H,25,26,27)/b9-6+. The van der Waals surface area contributed by atoms with Crippen LogP contribution in [0.5, 0.6) is 0 Å². The highest BCUT2D eigenvalue weighted by atomic mass is 32.2. The third kappa shape index (κ3) is 3.93. The van der Waals surface area contributed by atoms with Gasteiger partial charge in [-0.1, -0.05) is 30.0 Å². The largest absolute Gasteiger partial charge is 0.423 e. The van der Waals surface area contributed by atoms with Crippen LogP contribution in [0.2, 0.25) is 0 Å². The molecule has 2 heterocycles. The van der Waals surface area contributed by atoms with Gasteiger partial charge in [0, 0.05) is 17.2 Å². The summed E-state index contributed by atoms with van der Waals surface area (Å²) in [5.74, 6) is 0.912. The van der Waals surface area contributed by atoms with E-state index in [1.165, 1.54) is 35.0 Å². The molecule has 5 nitrogen and oxygen atoms in total. The molecule has 4 aromatic rings. The van der Waals surface area contributed by atoms with Crippen LogP contribution in [0.3, 0.4) is 0 Å². The molecule has 1 aliphatic carbocycles. The van der Waals surface area contributed by atoms with Gasteiger partial charge in [-0.15, -0.1) is 5.10 Å². The molecule has 0 amide bonds. The molecule has 0 bridgehead atoms. The minimum atomic E-state index is -0.339. The number of nitrogens with zero attached hydrogens (tertiary/aromatic N) is 2. The van der Waals surface area contributed by atoms with Gasteiger partial charge in [-0.25, -0.2) is 14.2 Å². The number of aryl methyl sites for hydroxylation is 2. The van der Waals surface area contributed by atoms with Gasteiger partial charge in [0.1, 0.15) is 17.2 Å². The Bertz CT molecular complexity index is 1310. The number of hydrogen-bond donors (Lipinski definition) is 1. The molecule has 0 saturated carbocycles. The van der Waals surface area contributed by atoms with Gasteiger partial charge in [-0.05, 0) is 71.9 Å². The van der Waals surface area contributed by atoms with Crippen molar-refractivity contribution in [3.8, 4) is 0 Å². The SMILES string of the molecule is O=c1cc(CSc2n[nH]c(/C=C/c3ccc(F)cc3)n2)c2cc3c(cc2o1)CCC3. The molecular formula is C23H18FN3O2S. The van der Waals surface area contributed by atoms with E-state index in [1.807, 2.05) is 12.1 Å². The van der Waals surface area contributed by atoms with E-state index in [2.05, 4.69) is 21.2 Å². The van der Waals surface area contributed by atoms with E-state index in [1.54, 1.807) is 24.3 Å². The van der Waals surface area contributed by atoms with Crippen LogP contribution in [-0.2, 0) is 18.6 Å². The zero-order valence-corrected chi connectivity index (χ0v) is 16.8. The average molecular weight is 419 g/mol. The van der Waals surface area contributed by atoms with Gasteiger partial charge >= 0.3 is 5.63 Å². The molecule has 0 saturated heterocycles. The summed E-state index contributed by atoms with van der Waals surface area (Å²) in [6, 6.07) is 11.9. The van der Waals surface area contributed by atoms with Crippen LogP contribution in [0.25, 0.3) is 23.1 Å². The van der Waals surface area contributed by atoms with Crippen LogP contribution in [0, 0.1) is 5.82 Å². The van der Waals surface area contributed by atoms with Crippen molar-refractivity contribution in [2.24, 2.45) is 0 Å². The highest BCUT2D eigenvalue weighted by molar-refractivity contribution is 7.98. The lowest BCUT2D eigenvalue weighted by Gasteiger charge is -2.07. The maximum absolute atomic E-state index is 13.0. The molecule has 2 aromatic heterocycles. The lowest BCUT2D eigenvalue weighted by Crippen LogP contribution is -2.01. The van der Waals surface area contributed by atoms with Crippen molar-refractivity contribution in [2.75, 3.05) is 0 Å². The Kier molecular flexibility index (Phi) is 4.96. The lowest BCUT2D eigenvalue weighted by atomic mass is 10.0. The number of H-pyrrole nitrogens is 1. The van der Waals surface area contributed by atoms with E-state index < -0.39 is 0 Å². The molecule has 0 aliphatic heterocycles. The van der Waals surface area contributed by atoms with Crippen molar-refractivity contribution in [2.45, 2.75) is 30.2 Å². The Morgan fingerprint density at radius 3 is 2.73 bits per heavy atom. The molecule has 0 unspecified atom stereocenters. The summed E-state index contributed by atoms with van der Waals surface area (Å²) in [5, 5.41) is 8.69. The molecule has 0 fully saturated rings. The number of aromatic amines is 1. The number of hydrogen-bond acceptors (Lipinski definition) is 5. The monoisotopic (exact) mass is 419 g/mol. The van der Waals surface area contributed by atoms with E-state index in [0.717, 1.165) is 35.8 Å². The van der Waals surface area contributed by atoms with Crippen LogP contribution >= 0.6 is 11.8 Å². The van der Waals surface area contributed by atoms with E-state index >= 15 is 0 Å². The van der Waals surface area contributed by atoms with E-state index in [-0.39, 0.29) is 11.4 Å². The Labute approximate surface area is 176 Å². The van der Waals surface area contributed by atoms with Crippen molar-refractivity contribution in [1.29, 1.82) is 0 Å². The molecule has 5 rings (SSSR count). The number of rotatable bonds is 5. The second-order valence-corrected chi connectivity index (χ2v) is 8.18. The van der Waals surface area contributed by atoms with Crippen LogP contribution in [0.4, 0.5) is 4.39 Å². The normalized spacial score (nSPS) is 13.4. The fourth-order valence-corrected chi connectivity index (χ4v) is 4.50. The molecular weight excluding hydrogens is 401 g/mol. The smallest absolute Gasteiger partial charge is 0.336 e. The fourth-order valence-electron chi connectivity index (χ4n) is 3.70. The van der Waals surface area contributed by atoms with Gasteiger partial charge in [0.15, 0.2) is 0 Å². The number of aromatic nitrogens is 3. The molecule has 0 radical (unpaired) electrons. The van der Waals surface area contributed by atoms with Crippen LogP contribution in [-0.4, -0.2) is 15.2 Å².